The summed E-state index contributed by atoms with van der Waals surface area (Å²) in [6.45, 7) is 5.28. The van der Waals surface area contributed by atoms with Crippen LogP contribution in [0, 0.1) is 6.92 Å². The highest BCUT2D eigenvalue weighted by Crippen LogP contribution is 2.22. The Bertz CT molecular complexity index is 332. The molecule has 0 saturated carbocycles. The van der Waals surface area contributed by atoms with Crippen molar-refractivity contribution in [2.75, 3.05) is 45.8 Å². The number of rotatable bonds is 8. The highest BCUT2D eigenvalue weighted by molar-refractivity contribution is 5.55. The maximum Gasteiger partial charge on any atom is 0.160 e. The second-order valence-electron chi connectivity index (χ2n) is 3.70. The van der Waals surface area contributed by atoms with Crippen LogP contribution in [0.5, 0.6) is 5.75 Å². The standard InChI is InChI=1S/C12H21N3O2/c1-10-8-11(12(17-3)9-15-10)14-5-4-13-6-7-16-2/h8-9,13H,4-7H2,1-3H3,(H,14,15). The van der Waals surface area contributed by atoms with Crippen molar-refractivity contribution in [1.29, 1.82) is 0 Å². The second kappa shape index (κ2) is 7.86. The molecule has 0 atom stereocenters. The highest BCUT2D eigenvalue weighted by atomic mass is 16.5. The van der Waals surface area contributed by atoms with Crippen LogP contribution in [0.15, 0.2) is 12.3 Å². The van der Waals surface area contributed by atoms with Crippen LogP contribution in [0.1, 0.15) is 5.69 Å². The number of hydrogen-bond acceptors (Lipinski definition) is 5. The van der Waals surface area contributed by atoms with E-state index in [1.165, 1.54) is 0 Å². The van der Waals surface area contributed by atoms with E-state index in [-0.39, 0.29) is 0 Å². The van der Waals surface area contributed by atoms with Gasteiger partial charge in [-0.15, -0.1) is 0 Å². The van der Waals surface area contributed by atoms with Crippen molar-refractivity contribution in [2.45, 2.75) is 6.92 Å². The molecule has 5 heteroatoms. The van der Waals surface area contributed by atoms with Crippen molar-refractivity contribution < 1.29 is 9.47 Å². The number of aryl methyl sites for hydroxylation is 1. The molecule has 96 valence electrons. The first-order valence-electron chi connectivity index (χ1n) is 5.72. The van der Waals surface area contributed by atoms with Gasteiger partial charge in [0.15, 0.2) is 5.75 Å². The molecule has 0 aromatic carbocycles. The molecule has 0 aliphatic heterocycles. The predicted octanol–water partition coefficient (Wildman–Crippen LogP) is 1.05. The van der Waals surface area contributed by atoms with E-state index in [1.54, 1.807) is 20.4 Å². The van der Waals surface area contributed by atoms with Gasteiger partial charge in [-0.2, -0.15) is 0 Å². The van der Waals surface area contributed by atoms with Gasteiger partial charge in [-0.1, -0.05) is 0 Å². The quantitative estimate of drug-likeness (QED) is 0.664. The van der Waals surface area contributed by atoms with Gasteiger partial charge in [-0.3, -0.25) is 4.98 Å². The zero-order valence-electron chi connectivity index (χ0n) is 10.7. The van der Waals surface area contributed by atoms with Crippen LogP contribution in [0.2, 0.25) is 0 Å². The van der Waals surface area contributed by atoms with Crippen LogP contribution in [-0.4, -0.2) is 45.4 Å². The number of hydrogen-bond donors (Lipinski definition) is 2. The van der Waals surface area contributed by atoms with Crippen molar-refractivity contribution in [3.63, 3.8) is 0 Å². The van der Waals surface area contributed by atoms with E-state index in [9.17, 15) is 0 Å². The van der Waals surface area contributed by atoms with Crippen LogP contribution < -0.4 is 15.4 Å². The molecule has 17 heavy (non-hydrogen) atoms. The van der Waals surface area contributed by atoms with E-state index in [2.05, 4.69) is 15.6 Å². The van der Waals surface area contributed by atoms with Gasteiger partial charge in [0.25, 0.3) is 0 Å². The number of aromatic nitrogens is 1. The third kappa shape index (κ3) is 5.01. The van der Waals surface area contributed by atoms with Gasteiger partial charge in [0.2, 0.25) is 0 Å². The minimum absolute atomic E-state index is 0.734. The molecule has 0 bridgehead atoms. The summed E-state index contributed by atoms with van der Waals surface area (Å²) in [5.41, 5.74) is 1.95. The Morgan fingerprint density at radius 1 is 1.24 bits per heavy atom. The molecule has 0 spiro atoms. The molecule has 0 fully saturated rings. The number of nitrogens with one attached hydrogen (secondary N) is 2. The summed E-state index contributed by atoms with van der Waals surface area (Å²) in [5.74, 6) is 0.771. The molecule has 2 N–H and O–H groups in total. The highest BCUT2D eigenvalue weighted by Gasteiger charge is 2.02. The van der Waals surface area contributed by atoms with E-state index in [0.29, 0.717) is 0 Å². The maximum absolute atomic E-state index is 5.23. The Hall–Kier alpha value is -1.33. The maximum atomic E-state index is 5.23. The Balaban J connectivity index is 2.32. The Labute approximate surface area is 103 Å². The van der Waals surface area contributed by atoms with Crippen LogP contribution in [0.3, 0.4) is 0 Å². The number of anilines is 1. The van der Waals surface area contributed by atoms with Crippen molar-refractivity contribution in [2.24, 2.45) is 0 Å². The number of nitrogens with zero attached hydrogens (tertiary/aromatic N) is 1. The van der Waals surface area contributed by atoms with Crippen LogP contribution in [0.25, 0.3) is 0 Å². The van der Waals surface area contributed by atoms with Crippen molar-refractivity contribution in [1.82, 2.24) is 10.3 Å². The van der Waals surface area contributed by atoms with Crippen LogP contribution in [-0.2, 0) is 4.74 Å². The van der Waals surface area contributed by atoms with Gasteiger partial charge in [0, 0.05) is 32.4 Å². The SMILES string of the molecule is COCCNCCNc1cc(C)ncc1OC. The van der Waals surface area contributed by atoms with Gasteiger partial charge in [-0.25, -0.2) is 0 Å². The third-order valence-electron chi connectivity index (χ3n) is 2.32. The zero-order chi connectivity index (χ0) is 12.5. The van der Waals surface area contributed by atoms with Gasteiger partial charge < -0.3 is 20.1 Å². The van der Waals surface area contributed by atoms with Crippen molar-refractivity contribution in [3.8, 4) is 5.75 Å². The van der Waals surface area contributed by atoms with Crippen molar-refractivity contribution >= 4 is 5.69 Å². The minimum atomic E-state index is 0.734. The third-order valence-corrected chi connectivity index (χ3v) is 2.32. The average Bonchev–Trinajstić information content (AvgIpc) is 2.34. The molecule has 0 aliphatic carbocycles. The number of pyridine rings is 1. The van der Waals surface area contributed by atoms with Crippen LogP contribution in [0.4, 0.5) is 5.69 Å². The Kier molecular flexibility index (Phi) is 6.35. The molecule has 1 heterocycles. The fraction of sp³-hybridized carbons (Fsp3) is 0.583. The lowest BCUT2D eigenvalue weighted by Gasteiger charge is -2.11. The van der Waals surface area contributed by atoms with E-state index >= 15 is 0 Å². The first kappa shape index (κ1) is 13.7. The average molecular weight is 239 g/mol. The molecule has 5 nitrogen and oxygen atoms in total. The van der Waals surface area contributed by atoms with Gasteiger partial charge in [-0.05, 0) is 13.0 Å². The Morgan fingerprint density at radius 3 is 2.76 bits per heavy atom. The molecule has 1 rings (SSSR count). The normalized spacial score (nSPS) is 10.3. The topological polar surface area (TPSA) is 55.4 Å². The monoisotopic (exact) mass is 239 g/mol. The fourth-order valence-electron chi connectivity index (χ4n) is 1.43. The zero-order valence-corrected chi connectivity index (χ0v) is 10.7. The summed E-state index contributed by atoms with van der Waals surface area (Å²) in [5, 5.41) is 6.58. The van der Waals surface area contributed by atoms with Gasteiger partial charge in [0.05, 0.1) is 25.6 Å². The largest absolute Gasteiger partial charge is 0.493 e. The summed E-state index contributed by atoms with van der Waals surface area (Å²) in [4.78, 5) is 4.18. The van der Waals surface area contributed by atoms with Gasteiger partial charge in [0.1, 0.15) is 0 Å². The molecule has 1 aromatic heterocycles. The summed E-state index contributed by atoms with van der Waals surface area (Å²) in [7, 11) is 3.35. The molecular formula is C12H21N3O2. The predicted molar refractivity (Wildman–Crippen MR) is 68.8 cm³/mol. The lowest BCUT2D eigenvalue weighted by Crippen LogP contribution is -2.25. The smallest absolute Gasteiger partial charge is 0.160 e. The molecule has 1 aromatic rings. The minimum Gasteiger partial charge on any atom is -0.493 e. The van der Waals surface area contributed by atoms with Crippen LogP contribution >= 0.6 is 0 Å². The summed E-state index contributed by atoms with van der Waals surface area (Å²) < 4.78 is 10.2. The van der Waals surface area contributed by atoms with E-state index in [0.717, 1.165) is 43.4 Å². The summed E-state index contributed by atoms with van der Waals surface area (Å²) in [6, 6.07) is 1.98. The fourth-order valence-corrected chi connectivity index (χ4v) is 1.43. The Morgan fingerprint density at radius 2 is 2.06 bits per heavy atom. The number of ether oxygens (including phenoxy) is 2. The van der Waals surface area contributed by atoms with E-state index < -0.39 is 0 Å². The lowest BCUT2D eigenvalue weighted by atomic mass is 10.3. The summed E-state index contributed by atoms with van der Waals surface area (Å²) >= 11 is 0. The molecular weight excluding hydrogens is 218 g/mol. The molecule has 0 aliphatic rings. The van der Waals surface area contributed by atoms with E-state index in [1.807, 2.05) is 13.0 Å². The lowest BCUT2D eigenvalue weighted by molar-refractivity contribution is 0.200. The molecule has 0 unspecified atom stereocenters. The first-order chi connectivity index (χ1) is 8.27. The molecule has 0 radical (unpaired) electrons. The van der Waals surface area contributed by atoms with Gasteiger partial charge >= 0.3 is 0 Å². The first-order valence-corrected chi connectivity index (χ1v) is 5.72. The second-order valence-corrected chi connectivity index (χ2v) is 3.70. The van der Waals surface area contributed by atoms with E-state index in [4.69, 9.17) is 9.47 Å². The molecule has 0 saturated heterocycles. The van der Waals surface area contributed by atoms with Crippen molar-refractivity contribution in [3.05, 3.63) is 18.0 Å². The summed E-state index contributed by atoms with van der Waals surface area (Å²) in [6.07, 6.45) is 1.73. The molecule has 0 amide bonds. The number of methoxy groups -OCH3 is 2.